The molecule has 1 aliphatic rings. The lowest BCUT2D eigenvalue weighted by Gasteiger charge is -2.40. The number of methoxy groups -OCH3 is 1. The monoisotopic (exact) mass is 342 g/mol. The Kier molecular flexibility index (Phi) is 5.08. The summed E-state index contributed by atoms with van der Waals surface area (Å²) in [6.07, 6.45) is 1.70. The van der Waals surface area contributed by atoms with E-state index in [1.165, 1.54) is 0 Å². The van der Waals surface area contributed by atoms with Gasteiger partial charge >= 0.3 is 0 Å². The van der Waals surface area contributed by atoms with Crippen LogP contribution in [0.4, 0.5) is 0 Å². The molecule has 1 aliphatic heterocycles. The van der Waals surface area contributed by atoms with Gasteiger partial charge < -0.3 is 9.64 Å². The molecule has 6 heteroatoms. The van der Waals surface area contributed by atoms with Crippen LogP contribution in [0, 0.1) is 0 Å². The number of piperazine rings is 1. The maximum absolute atomic E-state index is 13.0. The third-order valence-electron chi connectivity index (χ3n) is 4.81. The van der Waals surface area contributed by atoms with Crippen LogP contribution in [0.2, 0.25) is 0 Å². The number of carbonyl (C=O) groups is 1. The van der Waals surface area contributed by atoms with Crippen molar-refractivity contribution in [1.29, 1.82) is 0 Å². The molecule has 0 unspecified atom stereocenters. The summed E-state index contributed by atoms with van der Waals surface area (Å²) in [6, 6.07) is 10.1. The number of carbonyl (C=O) groups excluding carboxylic acids is 1. The highest BCUT2D eigenvalue weighted by molar-refractivity contribution is 5.92. The minimum Gasteiger partial charge on any atom is -0.496 e. The molecule has 0 radical (unpaired) electrons. The smallest absolute Gasteiger partial charge is 0.272 e. The van der Waals surface area contributed by atoms with Crippen molar-refractivity contribution in [3.63, 3.8) is 0 Å². The second kappa shape index (κ2) is 7.27. The Morgan fingerprint density at radius 1 is 1.24 bits per heavy atom. The summed E-state index contributed by atoms with van der Waals surface area (Å²) in [7, 11) is 3.78. The Balaban J connectivity index is 1.85. The second-order valence-corrected chi connectivity index (χ2v) is 6.74. The standard InChI is InChI=1S/C19H26N4O2/c1-14(2)23-16(9-10-20-23)19(24)22-12-11-21(3)17(13-22)15-7-5-6-8-18(15)25-4/h5-10,14,17H,11-13H2,1-4H3/t17-/m0/s1. The SMILES string of the molecule is COc1ccccc1[C@@H]1CN(C(=O)c2ccnn2C(C)C)CCN1C. The zero-order chi connectivity index (χ0) is 18.0. The van der Waals surface area contributed by atoms with Crippen molar-refractivity contribution >= 4 is 5.91 Å². The van der Waals surface area contributed by atoms with E-state index in [9.17, 15) is 4.79 Å². The first kappa shape index (κ1) is 17.5. The van der Waals surface area contributed by atoms with Crippen LogP contribution in [-0.2, 0) is 0 Å². The molecule has 1 atom stereocenters. The molecule has 1 fully saturated rings. The first-order chi connectivity index (χ1) is 12.0. The molecule has 1 aromatic carbocycles. The number of aromatic nitrogens is 2. The molecule has 0 aliphatic carbocycles. The predicted molar refractivity (Wildman–Crippen MR) is 96.9 cm³/mol. The molecule has 1 aromatic heterocycles. The van der Waals surface area contributed by atoms with E-state index in [2.05, 4.69) is 23.1 Å². The van der Waals surface area contributed by atoms with Crippen molar-refractivity contribution in [3.8, 4) is 5.75 Å². The number of hydrogen-bond donors (Lipinski definition) is 0. The van der Waals surface area contributed by atoms with E-state index in [1.807, 2.05) is 36.9 Å². The summed E-state index contributed by atoms with van der Waals surface area (Å²) < 4.78 is 7.31. The zero-order valence-electron chi connectivity index (χ0n) is 15.3. The fourth-order valence-electron chi connectivity index (χ4n) is 3.39. The lowest BCUT2D eigenvalue weighted by atomic mass is 10.0. The molecule has 1 saturated heterocycles. The van der Waals surface area contributed by atoms with Crippen molar-refractivity contribution in [3.05, 3.63) is 47.8 Å². The average Bonchev–Trinajstić information content (AvgIpc) is 3.11. The quantitative estimate of drug-likeness (QED) is 0.857. The van der Waals surface area contributed by atoms with Crippen molar-refractivity contribution in [2.75, 3.05) is 33.8 Å². The summed E-state index contributed by atoms with van der Waals surface area (Å²) >= 11 is 0. The molecule has 0 bridgehead atoms. The lowest BCUT2D eigenvalue weighted by molar-refractivity contribution is 0.0529. The maximum atomic E-state index is 13.0. The van der Waals surface area contributed by atoms with Gasteiger partial charge in [-0.2, -0.15) is 5.10 Å². The van der Waals surface area contributed by atoms with E-state index in [-0.39, 0.29) is 18.0 Å². The highest BCUT2D eigenvalue weighted by atomic mass is 16.5. The summed E-state index contributed by atoms with van der Waals surface area (Å²) in [5, 5.41) is 4.29. The molecule has 1 amide bonds. The first-order valence-electron chi connectivity index (χ1n) is 8.69. The van der Waals surface area contributed by atoms with E-state index in [0.29, 0.717) is 18.8 Å². The van der Waals surface area contributed by atoms with Gasteiger partial charge in [-0.05, 0) is 33.0 Å². The maximum Gasteiger partial charge on any atom is 0.272 e. The van der Waals surface area contributed by atoms with Crippen LogP contribution < -0.4 is 4.74 Å². The van der Waals surface area contributed by atoms with Crippen molar-refractivity contribution in [1.82, 2.24) is 19.6 Å². The Labute approximate surface area is 149 Å². The van der Waals surface area contributed by atoms with Crippen molar-refractivity contribution in [2.24, 2.45) is 0 Å². The largest absolute Gasteiger partial charge is 0.496 e. The molecular formula is C19H26N4O2. The van der Waals surface area contributed by atoms with Crippen LogP contribution in [0.1, 0.15) is 42.0 Å². The van der Waals surface area contributed by atoms with Crippen LogP contribution in [0.25, 0.3) is 0 Å². The molecular weight excluding hydrogens is 316 g/mol. The van der Waals surface area contributed by atoms with E-state index in [4.69, 9.17) is 4.74 Å². The van der Waals surface area contributed by atoms with Gasteiger partial charge in [0, 0.05) is 37.4 Å². The molecule has 0 saturated carbocycles. The number of likely N-dealkylation sites (N-methyl/N-ethyl adjacent to an activating group) is 1. The highest BCUT2D eigenvalue weighted by Crippen LogP contribution is 2.31. The van der Waals surface area contributed by atoms with Gasteiger partial charge in [-0.1, -0.05) is 18.2 Å². The molecule has 2 aromatic rings. The zero-order valence-corrected chi connectivity index (χ0v) is 15.3. The topological polar surface area (TPSA) is 50.6 Å². The van der Waals surface area contributed by atoms with Gasteiger partial charge in [-0.25, -0.2) is 0 Å². The van der Waals surface area contributed by atoms with Crippen molar-refractivity contribution in [2.45, 2.75) is 25.9 Å². The molecule has 3 rings (SSSR count). The van der Waals surface area contributed by atoms with Crippen molar-refractivity contribution < 1.29 is 9.53 Å². The van der Waals surface area contributed by atoms with Gasteiger partial charge in [-0.3, -0.25) is 14.4 Å². The van der Waals surface area contributed by atoms with Gasteiger partial charge in [0.1, 0.15) is 11.4 Å². The van der Waals surface area contributed by atoms with E-state index in [1.54, 1.807) is 24.1 Å². The van der Waals surface area contributed by atoms with Crippen LogP contribution in [0.5, 0.6) is 5.75 Å². The van der Waals surface area contributed by atoms with Gasteiger partial charge in [0.15, 0.2) is 0 Å². The van der Waals surface area contributed by atoms with Crippen LogP contribution in [0.15, 0.2) is 36.5 Å². The Hall–Kier alpha value is -2.34. The summed E-state index contributed by atoms with van der Waals surface area (Å²) in [4.78, 5) is 17.2. The minimum atomic E-state index is 0.0409. The number of amides is 1. The molecule has 2 heterocycles. The van der Waals surface area contributed by atoms with Crippen LogP contribution >= 0.6 is 0 Å². The molecule has 0 spiro atoms. The first-order valence-corrected chi connectivity index (χ1v) is 8.69. The Bertz CT molecular complexity index is 741. The van der Waals surface area contributed by atoms with Gasteiger partial charge in [0.05, 0.1) is 13.2 Å². The molecule has 25 heavy (non-hydrogen) atoms. The summed E-state index contributed by atoms with van der Waals surface area (Å²) in [6.45, 7) is 6.24. The third-order valence-corrected chi connectivity index (χ3v) is 4.81. The second-order valence-electron chi connectivity index (χ2n) is 6.74. The average molecular weight is 342 g/mol. The molecule has 6 nitrogen and oxygen atoms in total. The third kappa shape index (κ3) is 3.39. The number of benzene rings is 1. The fraction of sp³-hybridized carbons (Fsp3) is 0.474. The highest BCUT2D eigenvalue weighted by Gasteiger charge is 2.31. The number of ether oxygens (including phenoxy) is 1. The minimum absolute atomic E-state index is 0.0409. The lowest BCUT2D eigenvalue weighted by Crippen LogP contribution is -2.49. The van der Waals surface area contributed by atoms with E-state index >= 15 is 0 Å². The fourth-order valence-corrected chi connectivity index (χ4v) is 3.39. The summed E-state index contributed by atoms with van der Waals surface area (Å²) in [5.74, 6) is 0.903. The number of hydrogen-bond acceptors (Lipinski definition) is 4. The van der Waals surface area contributed by atoms with Gasteiger partial charge in [0.2, 0.25) is 0 Å². The molecule has 0 N–H and O–H groups in total. The Morgan fingerprint density at radius 2 is 2.00 bits per heavy atom. The van der Waals surface area contributed by atoms with Gasteiger partial charge in [0.25, 0.3) is 5.91 Å². The predicted octanol–water partition coefficient (Wildman–Crippen LogP) is 2.60. The number of para-hydroxylation sites is 1. The number of rotatable bonds is 4. The van der Waals surface area contributed by atoms with Crippen LogP contribution in [0.3, 0.4) is 0 Å². The van der Waals surface area contributed by atoms with Gasteiger partial charge in [-0.15, -0.1) is 0 Å². The molecule has 134 valence electrons. The van der Waals surface area contributed by atoms with E-state index in [0.717, 1.165) is 17.9 Å². The normalized spacial score (nSPS) is 18.6. The van der Waals surface area contributed by atoms with Crippen LogP contribution in [-0.4, -0.2) is 59.3 Å². The Morgan fingerprint density at radius 3 is 2.72 bits per heavy atom. The van der Waals surface area contributed by atoms with E-state index < -0.39 is 0 Å². The summed E-state index contributed by atoms with van der Waals surface area (Å²) in [5.41, 5.74) is 1.76. The number of nitrogens with zero attached hydrogens (tertiary/aromatic N) is 4.